The van der Waals surface area contributed by atoms with E-state index in [0.717, 1.165) is 11.1 Å². The van der Waals surface area contributed by atoms with E-state index >= 15 is 0 Å². The first-order valence-corrected chi connectivity index (χ1v) is 11.4. The molecule has 1 N–H and O–H groups in total. The Bertz CT molecular complexity index is 1210. The number of aromatic nitrogens is 2. The van der Waals surface area contributed by atoms with Crippen LogP contribution in [-0.2, 0) is 17.9 Å². The average molecular weight is 436 g/mol. The van der Waals surface area contributed by atoms with Crippen LogP contribution < -0.4 is 10.9 Å². The number of thiophene rings is 1. The molecule has 7 heteroatoms. The maximum absolute atomic E-state index is 13.0. The number of thioether (sulfide) groups is 1. The zero-order valence-electron chi connectivity index (χ0n) is 16.5. The van der Waals surface area contributed by atoms with Crippen LogP contribution in [0.4, 0.5) is 0 Å². The summed E-state index contributed by atoms with van der Waals surface area (Å²) in [6.07, 6.45) is 0. The number of benzene rings is 2. The van der Waals surface area contributed by atoms with Gasteiger partial charge in [-0.2, -0.15) is 0 Å². The van der Waals surface area contributed by atoms with Crippen LogP contribution in [0.2, 0.25) is 0 Å². The molecule has 2 heterocycles. The number of nitrogens with one attached hydrogen (secondary N) is 1. The highest BCUT2D eigenvalue weighted by Gasteiger charge is 2.14. The van der Waals surface area contributed by atoms with E-state index in [4.69, 9.17) is 0 Å². The predicted molar refractivity (Wildman–Crippen MR) is 123 cm³/mol. The van der Waals surface area contributed by atoms with Gasteiger partial charge < -0.3 is 5.32 Å². The fourth-order valence-corrected chi connectivity index (χ4v) is 4.63. The van der Waals surface area contributed by atoms with Gasteiger partial charge in [0.1, 0.15) is 4.70 Å². The van der Waals surface area contributed by atoms with Gasteiger partial charge in [-0.05, 0) is 29.5 Å². The molecule has 0 fully saturated rings. The van der Waals surface area contributed by atoms with Gasteiger partial charge in [0.15, 0.2) is 5.16 Å². The van der Waals surface area contributed by atoms with Crippen molar-refractivity contribution in [3.05, 3.63) is 93.1 Å². The molecule has 2 aromatic carbocycles. The first kappa shape index (κ1) is 20.4. The molecule has 0 spiro atoms. The summed E-state index contributed by atoms with van der Waals surface area (Å²) in [5.41, 5.74) is 3.87. The first-order chi connectivity index (χ1) is 14.6. The molecule has 5 nitrogen and oxygen atoms in total. The van der Waals surface area contributed by atoms with E-state index in [1.165, 1.54) is 28.7 Å². The molecule has 0 atom stereocenters. The van der Waals surface area contributed by atoms with Gasteiger partial charge in [-0.15, -0.1) is 11.3 Å². The number of fused-ring (bicyclic) bond motifs is 1. The van der Waals surface area contributed by atoms with Crippen LogP contribution in [0.3, 0.4) is 0 Å². The second-order valence-electron chi connectivity index (χ2n) is 6.96. The zero-order valence-corrected chi connectivity index (χ0v) is 18.1. The van der Waals surface area contributed by atoms with Crippen LogP contribution in [0.5, 0.6) is 0 Å². The summed E-state index contributed by atoms with van der Waals surface area (Å²) >= 11 is 2.68. The molecule has 30 heavy (non-hydrogen) atoms. The molecule has 2 aromatic heterocycles. The number of amides is 1. The van der Waals surface area contributed by atoms with Crippen molar-refractivity contribution in [3.63, 3.8) is 0 Å². The molecule has 152 valence electrons. The van der Waals surface area contributed by atoms with Gasteiger partial charge >= 0.3 is 0 Å². The maximum atomic E-state index is 13.0. The lowest BCUT2D eigenvalue weighted by molar-refractivity contribution is -0.118. The van der Waals surface area contributed by atoms with E-state index in [0.29, 0.717) is 28.5 Å². The number of carbonyl (C=O) groups is 1. The van der Waals surface area contributed by atoms with E-state index in [1.807, 2.05) is 73.0 Å². The third kappa shape index (κ3) is 4.80. The van der Waals surface area contributed by atoms with Crippen LogP contribution in [0.15, 0.2) is 76.0 Å². The fourth-order valence-electron chi connectivity index (χ4n) is 3.03. The topological polar surface area (TPSA) is 64.0 Å². The second-order valence-corrected chi connectivity index (χ2v) is 8.82. The van der Waals surface area contributed by atoms with Crippen LogP contribution in [-0.4, -0.2) is 21.2 Å². The van der Waals surface area contributed by atoms with Crippen molar-refractivity contribution in [2.75, 3.05) is 5.75 Å². The van der Waals surface area contributed by atoms with Crippen molar-refractivity contribution >= 4 is 39.2 Å². The summed E-state index contributed by atoms with van der Waals surface area (Å²) in [4.78, 5) is 30.0. The highest BCUT2D eigenvalue weighted by Crippen LogP contribution is 2.21. The Kier molecular flexibility index (Phi) is 6.30. The zero-order chi connectivity index (χ0) is 20.9. The second kappa shape index (κ2) is 9.28. The molecule has 0 aliphatic carbocycles. The number of nitrogens with zero attached hydrogens (tertiary/aromatic N) is 2. The summed E-state index contributed by atoms with van der Waals surface area (Å²) in [6, 6.07) is 19.7. The predicted octanol–water partition coefficient (Wildman–Crippen LogP) is 4.22. The van der Waals surface area contributed by atoms with Crippen LogP contribution >= 0.6 is 23.1 Å². The van der Waals surface area contributed by atoms with Crippen molar-refractivity contribution < 1.29 is 4.79 Å². The van der Waals surface area contributed by atoms with Gasteiger partial charge in [-0.25, -0.2) is 4.98 Å². The lowest BCUT2D eigenvalue weighted by atomic mass is 10.1. The molecule has 0 unspecified atom stereocenters. The number of hydrogen-bond acceptors (Lipinski definition) is 5. The Balaban J connectivity index is 1.49. The molecule has 0 bridgehead atoms. The molecule has 0 aliphatic rings. The highest BCUT2D eigenvalue weighted by molar-refractivity contribution is 7.99. The van der Waals surface area contributed by atoms with Crippen LogP contribution in [0.1, 0.15) is 16.7 Å². The number of rotatable bonds is 7. The molecule has 0 saturated heterocycles. The molecule has 0 saturated carbocycles. The third-order valence-electron chi connectivity index (χ3n) is 4.66. The lowest BCUT2D eigenvalue weighted by Crippen LogP contribution is -2.26. The van der Waals surface area contributed by atoms with Crippen molar-refractivity contribution in [1.82, 2.24) is 14.9 Å². The van der Waals surface area contributed by atoms with Gasteiger partial charge in [0.2, 0.25) is 5.91 Å². The molecule has 0 aliphatic heterocycles. The number of aryl methyl sites for hydroxylation is 1. The molecule has 1 amide bonds. The summed E-state index contributed by atoms with van der Waals surface area (Å²) in [5, 5.41) is 5.36. The first-order valence-electron chi connectivity index (χ1n) is 9.57. The SMILES string of the molecule is Cc1ccc(CNC(=O)CSc2nc3ccsc3c(=O)n2Cc2ccccc2)cc1. The Morgan fingerprint density at radius 3 is 2.60 bits per heavy atom. The molecular weight excluding hydrogens is 414 g/mol. The van der Waals surface area contributed by atoms with Crippen molar-refractivity contribution in [3.8, 4) is 0 Å². The van der Waals surface area contributed by atoms with E-state index < -0.39 is 0 Å². The third-order valence-corrected chi connectivity index (χ3v) is 6.53. The maximum Gasteiger partial charge on any atom is 0.272 e. The molecule has 0 radical (unpaired) electrons. The van der Waals surface area contributed by atoms with Gasteiger partial charge in [-0.1, -0.05) is 71.9 Å². The minimum absolute atomic E-state index is 0.0681. The van der Waals surface area contributed by atoms with Gasteiger partial charge in [0.25, 0.3) is 5.56 Å². The number of carbonyl (C=O) groups excluding carboxylic acids is 1. The molecular formula is C23H21N3O2S2. The van der Waals surface area contributed by atoms with Gasteiger partial charge in [-0.3, -0.25) is 14.2 Å². The van der Waals surface area contributed by atoms with Crippen LogP contribution in [0.25, 0.3) is 10.2 Å². The van der Waals surface area contributed by atoms with Crippen molar-refractivity contribution in [2.45, 2.75) is 25.2 Å². The average Bonchev–Trinajstić information content (AvgIpc) is 3.24. The van der Waals surface area contributed by atoms with Gasteiger partial charge in [0.05, 0.1) is 17.8 Å². The standard InChI is InChI=1S/C23H21N3O2S2/c1-16-7-9-17(10-8-16)13-24-20(27)15-30-23-25-19-11-12-29-21(19)22(28)26(23)14-18-5-3-2-4-6-18/h2-12H,13-15H2,1H3,(H,24,27). The molecule has 4 aromatic rings. The Morgan fingerprint density at radius 1 is 1.07 bits per heavy atom. The fraction of sp³-hybridized carbons (Fsp3) is 0.174. The van der Waals surface area contributed by atoms with Crippen molar-refractivity contribution in [2.24, 2.45) is 0 Å². The van der Waals surface area contributed by atoms with E-state index in [1.54, 1.807) is 4.57 Å². The largest absolute Gasteiger partial charge is 0.351 e. The lowest BCUT2D eigenvalue weighted by Gasteiger charge is -2.12. The van der Waals surface area contributed by atoms with Crippen LogP contribution in [0, 0.1) is 6.92 Å². The van der Waals surface area contributed by atoms with Crippen molar-refractivity contribution in [1.29, 1.82) is 0 Å². The van der Waals surface area contributed by atoms with Gasteiger partial charge in [0, 0.05) is 6.54 Å². The quantitative estimate of drug-likeness (QED) is 0.349. The highest BCUT2D eigenvalue weighted by atomic mass is 32.2. The summed E-state index contributed by atoms with van der Waals surface area (Å²) in [7, 11) is 0. The smallest absolute Gasteiger partial charge is 0.272 e. The monoisotopic (exact) mass is 435 g/mol. The minimum atomic E-state index is -0.0912. The minimum Gasteiger partial charge on any atom is -0.351 e. The Labute approximate surface area is 182 Å². The Hall–Kier alpha value is -2.90. The Morgan fingerprint density at radius 2 is 1.83 bits per heavy atom. The number of hydrogen-bond donors (Lipinski definition) is 1. The normalized spacial score (nSPS) is 11.0. The summed E-state index contributed by atoms with van der Waals surface area (Å²) in [6.45, 7) is 2.94. The molecule has 4 rings (SSSR count). The summed E-state index contributed by atoms with van der Waals surface area (Å²) < 4.78 is 2.30. The van der Waals surface area contributed by atoms with E-state index in [9.17, 15) is 9.59 Å². The van der Waals surface area contributed by atoms with E-state index in [-0.39, 0.29) is 17.2 Å². The van der Waals surface area contributed by atoms with E-state index in [2.05, 4.69) is 10.3 Å². The summed E-state index contributed by atoms with van der Waals surface area (Å²) in [5.74, 6) is 0.106.